The van der Waals surface area contributed by atoms with Crippen LogP contribution in [0.2, 0.25) is 0 Å². The summed E-state index contributed by atoms with van der Waals surface area (Å²) in [6, 6.07) is 9.75. The smallest absolute Gasteiger partial charge is 0.135 e. The number of rotatable bonds is 2. The molecule has 0 saturated carbocycles. The van der Waals surface area contributed by atoms with Crippen LogP contribution in [0.1, 0.15) is 0 Å². The molecule has 7 nitrogen and oxygen atoms in total. The van der Waals surface area contributed by atoms with Gasteiger partial charge in [0, 0.05) is 29.5 Å². The first kappa shape index (κ1) is 13.7. The number of nitrogens with two attached hydrogens (primary N) is 1. The van der Waals surface area contributed by atoms with Gasteiger partial charge in [-0.2, -0.15) is 5.10 Å². The molecule has 5 aromatic rings. The molecule has 120 valence electrons. The molecule has 0 aromatic carbocycles. The molecule has 4 N–H and O–H groups in total. The number of anilines is 1. The first-order valence-corrected chi connectivity index (χ1v) is 7.77. The minimum Gasteiger partial charge on any atom is -0.397 e. The lowest BCUT2D eigenvalue weighted by atomic mass is 10.1. The normalized spacial score (nSPS) is 11.4. The molecule has 0 aliphatic heterocycles. The average molecular weight is 327 g/mol. The van der Waals surface area contributed by atoms with E-state index in [9.17, 15) is 0 Å². The highest BCUT2D eigenvalue weighted by Gasteiger charge is 2.13. The summed E-state index contributed by atoms with van der Waals surface area (Å²) in [5, 5.41) is 8.55. The molecule has 0 unspecified atom stereocenters. The Morgan fingerprint density at radius 2 is 1.88 bits per heavy atom. The Morgan fingerprint density at radius 1 is 0.920 bits per heavy atom. The number of nitrogens with zero attached hydrogens (tertiary/aromatic N) is 4. The molecule has 25 heavy (non-hydrogen) atoms. The van der Waals surface area contributed by atoms with Crippen LogP contribution in [0.4, 0.5) is 5.69 Å². The topological polar surface area (TPSA) is 109 Å². The fourth-order valence-corrected chi connectivity index (χ4v) is 2.95. The van der Waals surface area contributed by atoms with Gasteiger partial charge in [0.1, 0.15) is 11.2 Å². The molecule has 0 aliphatic carbocycles. The van der Waals surface area contributed by atoms with E-state index in [0.717, 1.165) is 44.6 Å². The lowest BCUT2D eigenvalue weighted by molar-refractivity contribution is 1.12. The zero-order valence-electron chi connectivity index (χ0n) is 13.1. The molecule has 7 heteroatoms. The Balaban J connectivity index is 1.70. The van der Waals surface area contributed by atoms with Crippen molar-refractivity contribution in [1.82, 2.24) is 30.1 Å². The number of nitrogens with one attached hydrogen (secondary N) is 2. The van der Waals surface area contributed by atoms with E-state index in [1.165, 1.54) is 0 Å². The lowest BCUT2D eigenvalue weighted by Crippen LogP contribution is -1.90. The van der Waals surface area contributed by atoms with Gasteiger partial charge in [0.2, 0.25) is 0 Å². The largest absolute Gasteiger partial charge is 0.397 e. The number of fused-ring (bicyclic) bond motifs is 2. The van der Waals surface area contributed by atoms with Crippen molar-refractivity contribution in [1.29, 1.82) is 0 Å². The van der Waals surface area contributed by atoms with Gasteiger partial charge < -0.3 is 10.7 Å². The highest BCUT2D eigenvalue weighted by Crippen LogP contribution is 2.29. The van der Waals surface area contributed by atoms with E-state index in [1.54, 1.807) is 24.8 Å². The summed E-state index contributed by atoms with van der Waals surface area (Å²) in [5.74, 6) is 0. The van der Waals surface area contributed by atoms with Crippen molar-refractivity contribution in [2.75, 3.05) is 5.73 Å². The Kier molecular flexibility index (Phi) is 2.81. The van der Waals surface area contributed by atoms with Crippen LogP contribution in [0.5, 0.6) is 0 Å². The van der Waals surface area contributed by atoms with Gasteiger partial charge in [0.25, 0.3) is 0 Å². The second-order valence-electron chi connectivity index (χ2n) is 5.82. The van der Waals surface area contributed by atoms with Crippen molar-refractivity contribution >= 4 is 27.6 Å². The van der Waals surface area contributed by atoms with Gasteiger partial charge in [-0.3, -0.25) is 15.1 Å². The van der Waals surface area contributed by atoms with E-state index in [4.69, 9.17) is 10.7 Å². The van der Waals surface area contributed by atoms with Crippen LogP contribution in [0, 0.1) is 0 Å². The molecule has 0 fully saturated rings. The Bertz CT molecular complexity index is 1190. The molecule has 0 saturated heterocycles. The number of nitrogen functional groups attached to an aromatic ring is 1. The predicted molar refractivity (Wildman–Crippen MR) is 96.6 cm³/mol. The maximum atomic E-state index is 5.83. The first-order chi connectivity index (χ1) is 12.3. The van der Waals surface area contributed by atoms with Crippen molar-refractivity contribution in [2.45, 2.75) is 0 Å². The molecule has 5 heterocycles. The van der Waals surface area contributed by atoms with Crippen LogP contribution in [-0.4, -0.2) is 30.1 Å². The van der Waals surface area contributed by atoms with Crippen LogP contribution < -0.4 is 5.73 Å². The molecule has 0 radical (unpaired) electrons. The summed E-state index contributed by atoms with van der Waals surface area (Å²) in [4.78, 5) is 16.4. The predicted octanol–water partition coefficient (Wildman–Crippen LogP) is 3.15. The number of hydrogen-bond donors (Lipinski definition) is 3. The molecular formula is C18H13N7. The molecule has 0 bridgehead atoms. The maximum Gasteiger partial charge on any atom is 0.135 e. The lowest BCUT2D eigenvalue weighted by Gasteiger charge is -2.02. The molecule has 5 aromatic heterocycles. The van der Waals surface area contributed by atoms with Crippen LogP contribution in [-0.2, 0) is 0 Å². The number of aromatic amines is 2. The van der Waals surface area contributed by atoms with E-state index >= 15 is 0 Å². The summed E-state index contributed by atoms with van der Waals surface area (Å²) < 4.78 is 0. The van der Waals surface area contributed by atoms with Gasteiger partial charge in [0.15, 0.2) is 0 Å². The van der Waals surface area contributed by atoms with Gasteiger partial charge in [-0.05, 0) is 30.3 Å². The fraction of sp³-hybridized carbons (Fsp3) is 0. The molecular weight excluding hydrogens is 314 g/mol. The zero-order chi connectivity index (χ0) is 16.8. The minimum absolute atomic E-state index is 0.606. The second kappa shape index (κ2) is 5.13. The fourth-order valence-electron chi connectivity index (χ4n) is 2.95. The number of aromatic nitrogens is 6. The second-order valence-corrected chi connectivity index (χ2v) is 5.82. The zero-order valence-corrected chi connectivity index (χ0v) is 13.1. The van der Waals surface area contributed by atoms with E-state index in [-0.39, 0.29) is 0 Å². The van der Waals surface area contributed by atoms with Gasteiger partial charge in [-0.1, -0.05) is 0 Å². The number of pyridine rings is 3. The van der Waals surface area contributed by atoms with Crippen LogP contribution >= 0.6 is 0 Å². The van der Waals surface area contributed by atoms with E-state index in [0.29, 0.717) is 5.69 Å². The van der Waals surface area contributed by atoms with Crippen molar-refractivity contribution in [3.05, 3.63) is 55.1 Å². The van der Waals surface area contributed by atoms with Crippen molar-refractivity contribution in [3.8, 4) is 22.6 Å². The average Bonchev–Trinajstić information content (AvgIpc) is 3.24. The SMILES string of the molecule is Nc1cncc(-c2ccc3[nH]nc(-c4cc5ccncc5[nH]4)c3n2)c1. The quantitative estimate of drug-likeness (QED) is 0.461. The molecule has 0 aliphatic rings. The third kappa shape index (κ3) is 2.21. The van der Waals surface area contributed by atoms with Crippen LogP contribution in [0.15, 0.2) is 55.1 Å². The molecule has 0 spiro atoms. The van der Waals surface area contributed by atoms with Gasteiger partial charge in [-0.15, -0.1) is 0 Å². The third-order valence-electron chi connectivity index (χ3n) is 4.14. The molecule has 5 rings (SSSR count). The summed E-state index contributed by atoms with van der Waals surface area (Å²) in [7, 11) is 0. The Labute approximate surface area is 142 Å². The van der Waals surface area contributed by atoms with Crippen LogP contribution in [0.25, 0.3) is 44.6 Å². The van der Waals surface area contributed by atoms with Crippen molar-refractivity contribution in [2.24, 2.45) is 0 Å². The summed E-state index contributed by atoms with van der Waals surface area (Å²) in [5.41, 5.74) is 12.4. The standard InChI is InChI=1S/C18H13N7/c19-12-5-11(7-21-8-12)13-1-2-14-17(23-13)18(25-24-14)15-6-10-3-4-20-9-16(10)22-15/h1-9,22H,19H2,(H,24,25). The van der Waals surface area contributed by atoms with Crippen LogP contribution in [0.3, 0.4) is 0 Å². The van der Waals surface area contributed by atoms with Crippen molar-refractivity contribution in [3.63, 3.8) is 0 Å². The van der Waals surface area contributed by atoms with Crippen molar-refractivity contribution < 1.29 is 0 Å². The van der Waals surface area contributed by atoms with Gasteiger partial charge >= 0.3 is 0 Å². The monoisotopic (exact) mass is 327 g/mol. The molecule has 0 atom stereocenters. The van der Waals surface area contributed by atoms with E-state index in [1.807, 2.05) is 30.3 Å². The van der Waals surface area contributed by atoms with Gasteiger partial charge in [-0.25, -0.2) is 4.98 Å². The number of H-pyrrole nitrogens is 2. The highest BCUT2D eigenvalue weighted by atomic mass is 15.1. The van der Waals surface area contributed by atoms with Gasteiger partial charge in [0.05, 0.1) is 34.3 Å². The maximum absolute atomic E-state index is 5.83. The third-order valence-corrected chi connectivity index (χ3v) is 4.14. The summed E-state index contributed by atoms with van der Waals surface area (Å²) >= 11 is 0. The highest BCUT2D eigenvalue weighted by molar-refractivity contribution is 5.94. The summed E-state index contributed by atoms with van der Waals surface area (Å²) in [6.07, 6.45) is 6.93. The first-order valence-electron chi connectivity index (χ1n) is 7.77. The van der Waals surface area contributed by atoms with E-state index in [2.05, 4.69) is 25.1 Å². The Morgan fingerprint density at radius 3 is 2.76 bits per heavy atom. The minimum atomic E-state index is 0.606. The number of hydrogen-bond acceptors (Lipinski definition) is 5. The Hall–Kier alpha value is -3.74. The van der Waals surface area contributed by atoms with E-state index < -0.39 is 0 Å². The summed E-state index contributed by atoms with van der Waals surface area (Å²) in [6.45, 7) is 0. The molecule has 0 amide bonds.